The molecule has 5 nitrogen and oxygen atoms in total. The Hall–Kier alpha value is -3.08. The van der Waals surface area contributed by atoms with Crippen molar-refractivity contribution in [3.8, 4) is 11.5 Å². The zero-order chi connectivity index (χ0) is 16.2. The second kappa shape index (κ2) is 6.36. The summed E-state index contributed by atoms with van der Waals surface area (Å²) in [5.41, 5.74) is 8.70. The standard InChI is InChI=1S/C18H18N4O/c1-13-4-3-5-17(10-13)23-16-8-6-15(7-9-16)11-20-22-12-14(2)21-18(22)19/h3-12H,1-2H3,(H2,19,21). The van der Waals surface area contributed by atoms with Crippen molar-refractivity contribution >= 4 is 12.2 Å². The van der Waals surface area contributed by atoms with Crippen LogP contribution >= 0.6 is 0 Å². The Morgan fingerprint density at radius 1 is 1.09 bits per heavy atom. The van der Waals surface area contributed by atoms with Gasteiger partial charge in [-0.3, -0.25) is 0 Å². The van der Waals surface area contributed by atoms with Crippen LogP contribution in [0.3, 0.4) is 0 Å². The molecule has 2 aromatic carbocycles. The normalized spacial score (nSPS) is 11.0. The Labute approximate surface area is 135 Å². The van der Waals surface area contributed by atoms with E-state index in [1.54, 1.807) is 17.1 Å². The van der Waals surface area contributed by atoms with Crippen LogP contribution in [0.4, 0.5) is 5.95 Å². The summed E-state index contributed by atoms with van der Waals surface area (Å²) >= 11 is 0. The average molecular weight is 306 g/mol. The highest BCUT2D eigenvalue weighted by atomic mass is 16.5. The van der Waals surface area contributed by atoms with Crippen molar-refractivity contribution in [3.05, 3.63) is 71.5 Å². The van der Waals surface area contributed by atoms with Gasteiger partial charge >= 0.3 is 0 Å². The molecule has 0 fully saturated rings. The fraction of sp³-hybridized carbons (Fsp3) is 0.111. The number of nitrogens with two attached hydrogens (primary N) is 1. The van der Waals surface area contributed by atoms with E-state index in [1.165, 1.54) is 5.56 Å². The van der Waals surface area contributed by atoms with E-state index >= 15 is 0 Å². The average Bonchev–Trinajstić information content (AvgIpc) is 2.84. The Morgan fingerprint density at radius 2 is 1.87 bits per heavy atom. The topological polar surface area (TPSA) is 65.4 Å². The summed E-state index contributed by atoms with van der Waals surface area (Å²) in [5, 5.41) is 4.29. The number of ether oxygens (including phenoxy) is 1. The number of rotatable bonds is 4. The molecular formula is C18H18N4O. The van der Waals surface area contributed by atoms with Crippen LogP contribution in [0.15, 0.2) is 59.8 Å². The number of imidazole rings is 1. The quantitative estimate of drug-likeness (QED) is 0.746. The zero-order valence-corrected chi connectivity index (χ0v) is 13.1. The van der Waals surface area contributed by atoms with E-state index < -0.39 is 0 Å². The van der Waals surface area contributed by atoms with Gasteiger partial charge in [0.05, 0.1) is 18.1 Å². The second-order valence-electron chi connectivity index (χ2n) is 5.32. The molecular weight excluding hydrogens is 288 g/mol. The Balaban J connectivity index is 1.71. The Kier molecular flexibility index (Phi) is 4.10. The summed E-state index contributed by atoms with van der Waals surface area (Å²) in [6.07, 6.45) is 3.51. The predicted octanol–water partition coefficient (Wildman–Crippen LogP) is 3.76. The first-order valence-electron chi connectivity index (χ1n) is 7.30. The number of aryl methyl sites for hydroxylation is 2. The number of nitrogens with zero attached hydrogens (tertiary/aromatic N) is 3. The number of hydrogen-bond acceptors (Lipinski definition) is 4. The van der Waals surface area contributed by atoms with Crippen LogP contribution in [-0.2, 0) is 0 Å². The second-order valence-corrected chi connectivity index (χ2v) is 5.32. The highest BCUT2D eigenvalue weighted by molar-refractivity contribution is 5.79. The van der Waals surface area contributed by atoms with Gasteiger partial charge in [0.2, 0.25) is 5.95 Å². The van der Waals surface area contributed by atoms with Gasteiger partial charge in [-0.05, 0) is 61.4 Å². The van der Waals surface area contributed by atoms with Gasteiger partial charge in [-0.1, -0.05) is 12.1 Å². The minimum Gasteiger partial charge on any atom is -0.457 e. The molecule has 0 saturated carbocycles. The monoisotopic (exact) mass is 306 g/mol. The van der Waals surface area contributed by atoms with E-state index in [2.05, 4.69) is 10.1 Å². The molecule has 0 spiro atoms. The molecule has 0 unspecified atom stereocenters. The van der Waals surface area contributed by atoms with Gasteiger partial charge in [0, 0.05) is 0 Å². The third-order valence-corrected chi connectivity index (χ3v) is 3.27. The highest BCUT2D eigenvalue weighted by Gasteiger charge is 2.00. The molecule has 0 aliphatic heterocycles. The van der Waals surface area contributed by atoms with Crippen molar-refractivity contribution in [2.45, 2.75) is 13.8 Å². The lowest BCUT2D eigenvalue weighted by molar-refractivity contribution is 0.482. The summed E-state index contributed by atoms with van der Waals surface area (Å²) < 4.78 is 7.37. The first-order valence-corrected chi connectivity index (χ1v) is 7.30. The molecule has 0 aliphatic rings. The molecule has 5 heteroatoms. The van der Waals surface area contributed by atoms with Crippen molar-refractivity contribution in [3.63, 3.8) is 0 Å². The van der Waals surface area contributed by atoms with Gasteiger partial charge in [-0.25, -0.2) is 9.66 Å². The van der Waals surface area contributed by atoms with Crippen molar-refractivity contribution in [2.75, 3.05) is 5.73 Å². The SMILES string of the molecule is Cc1cccc(Oc2ccc(C=Nn3cc(C)nc3N)cc2)c1. The Bertz CT molecular complexity index is 834. The molecule has 0 radical (unpaired) electrons. The van der Waals surface area contributed by atoms with E-state index in [0.717, 1.165) is 22.8 Å². The molecule has 116 valence electrons. The van der Waals surface area contributed by atoms with Crippen LogP contribution in [0.5, 0.6) is 11.5 Å². The molecule has 0 amide bonds. The number of nitrogen functional groups attached to an aromatic ring is 1. The van der Waals surface area contributed by atoms with Crippen molar-refractivity contribution < 1.29 is 4.74 Å². The van der Waals surface area contributed by atoms with Gasteiger partial charge < -0.3 is 10.5 Å². The van der Waals surface area contributed by atoms with E-state index in [9.17, 15) is 0 Å². The van der Waals surface area contributed by atoms with Crippen LogP contribution in [0.25, 0.3) is 0 Å². The first-order chi connectivity index (χ1) is 11.1. The summed E-state index contributed by atoms with van der Waals surface area (Å²) in [4.78, 5) is 4.10. The van der Waals surface area contributed by atoms with Gasteiger partial charge in [-0.15, -0.1) is 0 Å². The molecule has 0 saturated heterocycles. The molecule has 0 atom stereocenters. The highest BCUT2D eigenvalue weighted by Crippen LogP contribution is 2.22. The lowest BCUT2D eigenvalue weighted by Crippen LogP contribution is -1.96. The minimum atomic E-state index is 0.373. The summed E-state index contributed by atoms with van der Waals surface area (Å²) in [7, 11) is 0. The van der Waals surface area contributed by atoms with Gasteiger partial charge in [-0.2, -0.15) is 5.10 Å². The Morgan fingerprint density at radius 3 is 2.52 bits per heavy atom. The van der Waals surface area contributed by atoms with Crippen molar-refractivity contribution in [2.24, 2.45) is 5.10 Å². The lowest BCUT2D eigenvalue weighted by Gasteiger charge is -2.06. The molecule has 2 N–H and O–H groups in total. The molecule has 1 heterocycles. The van der Waals surface area contributed by atoms with E-state index in [1.807, 2.05) is 62.4 Å². The maximum atomic E-state index is 5.82. The van der Waals surface area contributed by atoms with Crippen LogP contribution in [0.1, 0.15) is 16.8 Å². The van der Waals surface area contributed by atoms with Crippen LogP contribution in [-0.4, -0.2) is 15.9 Å². The summed E-state index contributed by atoms with van der Waals surface area (Å²) in [6.45, 7) is 3.91. The third kappa shape index (κ3) is 3.77. The van der Waals surface area contributed by atoms with Crippen LogP contribution < -0.4 is 10.5 Å². The zero-order valence-electron chi connectivity index (χ0n) is 13.1. The third-order valence-electron chi connectivity index (χ3n) is 3.27. The number of aromatic nitrogens is 2. The molecule has 0 aliphatic carbocycles. The number of benzene rings is 2. The van der Waals surface area contributed by atoms with Crippen molar-refractivity contribution in [1.29, 1.82) is 0 Å². The van der Waals surface area contributed by atoms with E-state index in [4.69, 9.17) is 10.5 Å². The number of hydrogen-bond donors (Lipinski definition) is 1. The van der Waals surface area contributed by atoms with Gasteiger partial charge in [0.1, 0.15) is 11.5 Å². The van der Waals surface area contributed by atoms with Crippen LogP contribution in [0.2, 0.25) is 0 Å². The van der Waals surface area contributed by atoms with E-state index in [-0.39, 0.29) is 0 Å². The van der Waals surface area contributed by atoms with E-state index in [0.29, 0.717) is 5.95 Å². The van der Waals surface area contributed by atoms with Crippen molar-refractivity contribution in [1.82, 2.24) is 9.66 Å². The largest absolute Gasteiger partial charge is 0.457 e. The lowest BCUT2D eigenvalue weighted by atomic mass is 10.2. The van der Waals surface area contributed by atoms with Crippen LogP contribution in [0, 0.1) is 13.8 Å². The van der Waals surface area contributed by atoms with Gasteiger partial charge in [0.15, 0.2) is 0 Å². The molecule has 3 aromatic rings. The minimum absolute atomic E-state index is 0.373. The molecule has 0 bridgehead atoms. The maximum Gasteiger partial charge on any atom is 0.221 e. The fourth-order valence-electron chi connectivity index (χ4n) is 2.16. The molecule has 3 rings (SSSR count). The summed E-state index contributed by atoms with van der Waals surface area (Å²) in [6, 6.07) is 15.6. The maximum absolute atomic E-state index is 5.82. The predicted molar refractivity (Wildman–Crippen MR) is 92.1 cm³/mol. The van der Waals surface area contributed by atoms with Gasteiger partial charge in [0.25, 0.3) is 0 Å². The smallest absolute Gasteiger partial charge is 0.221 e. The fourth-order valence-corrected chi connectivity index (χ4v) is 2.16. The summed E-state index contributed by atoms with van der Waals surface area (Å²) in [5.74, 6) is 1.98. The molecule has 1 aromatic heterocycles. The first kappa shape index (κ1) is 14.8. The molecule has 23 heavy (non-hydrogen) atoms. The number of anilines is 1.